The van der Waals surface area contributed by atoms with Crippen molar-refractivity contribution in [3.05, 3.63) is 76.5 Å². The molecule has 5 rings (SSSR count). The van der Waals surface area contributed by atoms with Crippen LogP contribution < -0.4 is 5.43 Å². The Balaban J connectivity index is 1.31. The predicted molar refractivity (Wildman–Crippen MR) is 111 cm³/mol. The number of benzene rings is 2. The molecule has 0 aliphatic heterocycles. The number of non-ortho nitro benzene ring substituents is 1. The summed E-state index contributed by atoms with van der Waals surface area (Å²) in [6, 6.07) is 17.4. The highest BCUT2D eigenvalue weighted by molar-refractivity contribution is 6.03. The number of aromatic nitrogens is 4. The summed E-state index contributed by atoms with van der Waals surface area (Å²) in [5.41, 5.74) is 5.72. The Bertz CT molecular complexity index is 1400. The van der Waals surface area contributed by atoms with Crippen LogP contribution in [-0.4, -0.2) is 31.3 Å². The highest BCUT2D eigenvalue weighted by Crippen LogP contribution is 2.24. The SMILES string of the molecule is O=[N+]([O-])c1ccc(-c2ccc(/C=N\Nc3nnc4c(n3)[nH]c3ccccc34)o2)cc1. The lowest BCUT2D eigenvalue weighted by Gasteiger charge is -1.97. The molecule has 0 saturated heterocycles. The number of nitro groups is 1. The van der Waals surface area contributed by atoms with Crippen molar-refractivity contribution in [2.75, 3.05) is 5.43 Å². The van der Waals surface area contributed by atoms with Gasteiger partial charge in [0, 0.05) is 28.6 Å². The van der Waals surface area contributed by atoms with Crippen LogP contribution in [0.4, 0.5) is 11.6 Å². The third kappa shape index (κ3) is 3.22. The molecular weight excluding hydrogens is 386 g/mol. The lowest BCUT2D eigenvalue weighted by molar-refractivity contribution is -0.384. The van der Waals surface area contributed by atoms with Gasteiger partial charge in [0.15, 0.2) is 5.65 Å². The second kappa shape index (κ2) is 7.09. The van der Waals surface area contributed by atoms with E-state index in [-0.39, 0.29) is 11.6 Å². The van der Waals surface area contributed by atoms with Gasteiger partial charge in [0.05, 0.1) is 11.1 Å². The number of hydrazone groups is 1. The fraction of sp³-hybridized carbons (Fsp3) is 0. The fourth-order valence-corrected chi connectivity index (χ4v) is 3.05. The molecule has 10 heteroatoms. The van der Waals surface area contributed by atoms with Crippen molar-refractivity contribution in [3.8, 4) is 11.3 Å². The molecule has 0 saturated carbocycles. The smallest absolute Gasteiger partial charge is 0.269 e. The fourth-order valence-electron chi connectivity index (χ4n) is 3.05. The van der Waals surface area contributed by atoms with E-state index in [0.29, 0.717) is 22.7 Å². The van der Waals surface area contributed by atoms with Crippen molar-refractivity contribution in [1.82, 2.24) is 20.2 Å². The number of nitrogens with zero attached hydrogens (tertiary/aromatic N) is 5. The summed E-state index contributed by atoms with van der Waals surface area (Å²) in [4.78, 5) is 17.9. The number of H-pyrrole nitrogens is 1. The van der Waals surface area contributed by atoms with Crippen LogP contribution in [0, 0.1) is 10.1 Å². The lowest BCUT2D eigenvalue weighted by atomic mass is 10.1. The minimum absolute atomic E-state index is 0.0248. The van der Waals surface area contributed by atoms with E-state index in [1.807, 2.05) is 24.3 Å². The molecular formula is C20H13N7O3. The van der Waals surface area contributed by atoms with Crippen molar-refractivity contribution >= 4 is 39.9 Å². The van der Waals surface area contributed by atoms with E-state index in [4.69, 9.17) is 4.42 Å². The molecule has 0 aliphatic carbocycles. The first kappa shape index (κ1) is 17.5. The monoisotopic (exact) mass is 399 g/mol. The zero-order valence-corrected chi connectivity index (χ0v) is 15.3. The van der Waals surface area contributed by atoms with Gasteiger partial charge >= 0.3 is 0 Å². The topological polar surface area (TPSA) is 135 Å². The van der Waals surface area contributed by atoms with Crippen molar-refractivity contribution in [2.45, 2.75) is 0 Å². The summed E-state index contributed by atoms with van der Waals surface area (Å²) >= 11 is 0. The van der Waals surface area contributed by atoms with E-state index in [9.17, 15) is 10.1 Å². The molecule has 146 valence electrons. The molecule has 0 atom stereocenters. The maximum atomic E-state index is 10.7. The van der Waals surface area contributed by atoms with E-state index >= 15 is 0 Å². The van der Waals surface area contributed by atoms with Crippen LogP contribution in [0.5, 0.6) is 0 Å². The number of hydrogen-bond donors (Lipinski definition) is 2. The first-order valence-corrected chi connectivity index (χ1v) is 8.92. The number of fused-ring (bicyclic) bond motifs is 3. The van der Waals surface area contributed by atoms with E-state index in [1.54, 1.807) is 24.3 Å². The summed E-state index contributed by atoms with van der Waals surface area (Å²) in [5, 5.41) is 24.0. The second-order valence-corrected chi connectivity index (χ2v) is 6.38. The molecule has 5 aromatic rings. The lowest BCUT2D eigenvalue weighted by Crippen LogP contribution is -1.98. The highest BCUT2D eigenvalue weighted by Gasteiger charge is 2.09. The van der Waals surface area contributed by atoms with E-state index in [0.717, 1.165) is 16.5 Å². The van der Waals surface area contributed by atoms with E-state index < -0.39 is 4.92 Å². The van der Waals surface area contributed by atoms with Crippen molar-refractivity contribution in [3.63, 3.8) is 0 Å². The summed E-state index contributed by atoms with van der Waals surface area (Å²) in [6.07, 6.45) is 1.48. The number of nitrogens with one attached hydrogen (secondary N) is 2. The van der Waals surface area contributed by atoms with Gasteiger partial charge in [-0.1, -0.05) is 18.2 Å². The number of anilines is 1. The van der Waals surface area contributed by atoms with Crippen LogP contribution in [0.3, 0.4) is 0 Å². The highest BCUT2D eigenvalue weighted by atomic mass is 16.6. The molecule has 0 fully saturated rings. The number of nitro benzene ring substituents is 1. The predicted octanol–water partition coefficient (Wildman–Crippen LogP) is 4.12. The quantitative estimate of drug-likeness (QED) is 0.258. The zero-order valence-electron chi connectivity index (χ0n) is 15.3. The minimum Gasteiger partial charge on any atom is -0.455 e. The normalized spacial score (nSPS) is 11.5. The molecule has 0 radical (unpaired) electrons. The Morgan fingerprint density at radius 2 is 1.90 bits per heavy atom. The Labute approximate surface area is 168 Å². The van der Waals surface area contributed by atoms with Crippen LogP contribution in [0.1, 0.15) is 5.76 Å². The van der Waals surface area contributed by atoms with Crippen LogP contribution in [0.15, 0.2) is 70.2 Å². The number of aromatic amines is 1. The maximum Gasteiger partial charge on any atom is 0.269 e. The summed E-state index contributed by atoms with van der Waals surface area (Å²) in [7, 11) is 0. The van der Waals surface area contributed by atoms with Crippen LogP contribution in [-0.2, 0) is 0 Å². The third-order valence-electron chi connectivity index (χ3n) is 4.47. The largest absolute Gasteiger partial charge is 0.455 e. The summed E-state index contributed by atoms with van der Waals surface area (Å²) in [5.74, 6) is 1.31. The molecule has 2 N–H and O–H groups in total. The number of hydrogen-bond acceptors (Lipinski definition) is 8. The molecule has 10 nitrogen and oxygen atoms in total. The van der Waals surface area contributed by atoms with Gasteiger partial charge in [0.25, 0.3) is 11.6 Å². The van der Waals surface area contributed by atoms with E-state index in [2.05, 4.69) is 30.7 Å². The standard InChI is InChI=1S/C20H13N7O3/c28-27(29)13-7-5-12(6-8-13)17-10-9-14(30-17)11-21-25-20-23-19-18(24-26-20)15-3-1-2-4-16(15)22-19/h1-11H,(H2,22,23,25,26)/b21-11-. The first-order valence-electron chi connectivity index (χ1n) is 8.92. The van der Waals surface area contributed by atoms with Gasteiger partial charge in [-0.3, -0.25) is 10.1 Å². The Morgan fingerprint density at radius 1 is 1.07 bits per heavy atom. The summed E-state index contributed by atoms with van der Waals surface area (Å²) in [6.45, 7) is 0. The molecule has 2 aromatic carbocycles. The third-order valence-corrected chi connectivity index (χ3v) is 4.47. The van der Waals surface area contributed by atoms with Crippen molar-refractivity contribution in [1.29, 1.82) is 0 Å². The Hall–Kier alpha value is -4.60. The van der Waals surface area contributed by atoms with Gasteiger partial charge in [-0.05, 0) is 30.3 Å². The molecule has 3 aromatic heterocycles. The number of para-hydroxylation sites is 1. The van der Waals surface area contributed by atoms with Gasteiger partial charge in [-0.2, -0.15) is 10.1 Å². The summed E-state index contributed by atoms with van der Waals surface area (Å²) < 4.78 is 5.70. The van der Waals surface area contributed by atoms with Gasteiger partial charge < -0.3 is 9.40 Å². The molecule has 0 unspecified atom stereocenters. The van der Waals surface area contributed by atoms with Crippen molar-refractivity contribution in [2.24, 2.45) is 5.10 Å². The van der Waals surface area contributed by atoms with Gasteiger partial charge in [-0.15, -0.1) is 10.2 Å². The van der Waals surface area contributed by atoms with E-state index in [1.165, 1.54) is 18.3 Å². The first-order chi connectivity index (χ1) is 14.7. The van der Waals surface area contributed by atoms with Gasteiger partial charge in [-0.25, -0.2) is 5.43 Å². The van der Waals surface area contributed by atoms with Gasteiger partial charge in [0.2, 0.25) is 0 Å². The molecule has 0 aliphatic rings. The van der Waals surface area contributed by atoms with Crippen LogP contribution >= 0.6 is 0 Å². The number of furan rings is 1. The average molecular weight is 399 g/mol. The Kier molecular flexibility index (Phi) is 4.14. The molecule has 0 amide bonds. The molecule has 30 heavy (non-hydrogen) atoms. The van der Waals surface area contributed by atoms with Gasteiger partial charge in [0.1, 0.15) is 17.0 Å². The molecule has 0 spiro atoms. The molecule has 0 bridgehead atoms. The zero-order chi connectivity index (χ0) is 20.5. The Morgan fingerprint density at radius 3 is 2.73 bits per heavy atom. The second-order valence-electron chi connectivity index (χ2n) is 6.38. The maximum absolute atomic E-state index is 10.7. The van der Waals surface area contributed by atoms with Crippen LogP contribution in [0.25, 0.3) is 33.4 Å². The number of rotatable bonds is 5. The minimum atomic E-state index is -0.445. The van der Waals surface area contributed by atoms with Crippen LogP contribution in [0.2, 0.25) is 0 Å². The van der Waals surface area contributed by atoms with Crippen molar-refractivity contribution < 1.29 is 9.34 Å². The molecule has 3 heterocycles. The average Bonchev–Trinajstić information content (AvgIpc) is 3.38.